The molecule has 0 radical (unpaired) electrons. The Balaban J connectivity index is 1.44. The summed E-state index contributed by atoms with van der Waals surface area (Å²) in [7, 11) is 0. The summed E-state index contributed by atoms with van der Waals surface area (Å²) in [5.41, 5.74) is 1.10. The summed E-state index contributed by atoms with van der Waals surface area (Å²) in [6, 6.07) is 10.7. The molecule has 3 atom stereocenters. The fraction of sp³-hybridized carbons (Fsp3) is 0.360. The van der Waals surface area contributed by atoms with Crippen LogP contribution in [0, 0.1) is 17.7 Å². The molecule has 1 heterocycles. The van der Waals surface area contributed by atoms with Crippen LogP contribution in [0.1, 0.15) is 33.1 Å². The van der Waals surface area contributed by atoms with E-state index in [9.17, 15) is 14.0 Å². The highest BCUT2D eigenvalue weighted by atomic mass is 19.1. The molecule has 1 fully saturated rings. The van der Waals surface area contributed by atoms with Gasteiger partial charge in [0.05, 0.1) is 10.9 Å². The highest BCUT2D eigenvalue weighted by molar-refractivity contribution is 5.83. The molecule has 1 saturated carbocycles. The van der Waals surface area contributed by atoms with Gasteiger partial charge in [0, 0.05) is 12.1 Å². The molecule has 1 N–H and O–H groups in total. The van der Waals surface area contributed by atoms with Gasteiger partial charge < -0.3 is 14.5 Å². The van der Waals surface area contributed by atoms with Gasteiger partial charge in [-0.3, -0.25) is 9.59 Å². The monoisotopic (exact) mass is 423 g/mol. The lowest BCUT2D eigenvalue weighted by Crippen LogP contribution is -2.45. The van der Waals surface area contributed by atoms with Gasteiger partial charge in [0.25, 0.3) is 5.91 Å². The number of ether oxygens (including phenoxy) is 1. The number of carbonyl (C=O) groups is 1. The van der Waals surface area contributed by atoms with Crippen LogP contribution in [-0.4, -0.2) is 18.6 Å². The fourth-order valence-corrected chi connectivity index (χ4v) is 4.21. The first-order valence-electron chi connectivity index (χ1n) is 10.7. The molecule has 0 saturated heterocycles. The van der Waals surface area contributed by atoms with Crippen molar-refractivity contribution >= 4 is 16.9 Å². The van der Waals surface area contributed by atoms with Crippen LogP contribution in [0.4, 0.5) is 4.39 Å². The fourth-order valence-electron chi connectivity index (χ4n) is 4.21. The largest absolute Gasteiger partial charge is 0.484 e. The van der Waals surface area contributed by atoms with Gasteiger partial charge in [-0.25, -0.2) is 4.39 Å². The molecule has 2 aromatic carbocycles. The van der Waals surface area contributed by atoms with E-state index in [4.69, 9.17) is 9.15 Å². The van der Waals surface area contributed by atoms with Gasteiger partial charge in [-0.1, -0.05) is 38.8 Å². The van der Waals surface area contributed by atoms with Crippen molar-refractivity contribution in [2.75, 3.05) is 6.61 Å². The third-order valence-electron chi connectivity index (χ3n) is 6.32. The summed E-state index contributed by atoms with van der Waals surface area (Å²) >= 11 is 0. The van der Waals surface area contributed by atoms with E-state index in [1.165, 1.54) is 36.9 Å². The van der Waals surface area contributed by atoms with Crippen LogP contribution in [0.15, 0.2) is 57.9 Å². The lowest BCUT2D eigenvalue weighted by atomic mass is 9.78. The van der Waals surface area contributed by atoms with E-state index in [0.717, 1.165) is 12.8 Å². The zero-order valence-corrected chi connectivity index (χ0v) is 17.7. The van der Waals surface area contributed by atoms with Crippen LogP contribution in [0.5, 0.6) is 5.75 Å². The number of nitrogens with one attached hydrogen (secondary N) is 1. The van der Waals surface area contributed by atoms with Crippen LogP contribution in [0.2, 0.25) is 0 Å². The van der Waals surface area contributed by atoms with Gasteiger partial charge in [0.15, 0.2) is 12.0 Å². The average Bonchev–Trinajstić information content (AvgIpc) is 2.76. The highest BCUT2D eigenvalue weighted by Crippen LogP contribution is 2.29. The minimum Gasteiger partial charge on any atom is -0.484 e. The molecule has 1 aromatic heterocycles. The zero-order chi connectivity index (χ0) is 22.0. The molecular weight excluding hydrogens is 397 g/mol. The van der Waals surface area contributed by atoms with E-state index in [2.05, 4.69) is 19.2 Å². The standard InChI is InChI=1S/C25H26FNO4/c1-15-4-3-5-22(16(15)2)27-24(28)14-30-19-10-11-20-23(12-19)31-13-21(25(20)29)17-6-8-18(26)9-7-17/h6-13,15-16,22H,3-5,14H2,1-2H3,(H,27,28)/t15-,16+,22+/m0/s1. The summed E-state index contributed by atoms with van der Waals surface area (Å²) in [6.45, 7) is 4.31. The van der Waals surface area contributed by atoms with Gasteiger partial charge in [-0.15, -0.1) is 0 Å². The number of hydrogen-bond donors (Lipinski definition) is 1. The Morgan fingerprint density at radius 2 is 1.94 bits per heavy atom. The summed E-state index contributed by atoms with van der Waals surface area (Å²) in [5.74, 6) is 0.975. The number of rotatable bonds is 5. The van der Waals surface area contributed by atoms with Crippen LogP contribution in [-0.2, 0) is 4.79 Å². The molecule has 31 heavy (non-hydrogen) atoms. The van der Waals surface area contributed by atoms with Crippen molar-refractivity contribution in [2.45, 2.75) is 39.2 Å². The Morgan fingerprint density at radius 3 is 2.71 bits per heavy atom. The van der Waals surface area contributed by atoms with Crippen molar-refractivity contribution in [1.29, 1.82) is 0 Å². The molecule has 0 spiro atoms. The SMILES string of the molecule is C[C@@H]1[C@@H](C)CCC[C@H]1NC(=O)COc1ccc2c(=O)c(-c3ccc(F)cc3)coc2c1. The molecule has 3 aromatic rings. The summed E-state index contributed by atoms with van der Waals surface area (Å²) in [6.07, 6.45) is 4.69. The Hall–Kier alpha value is -3.15. The Morgan fingerprint density at radius 1 is 1.16 bits per heavy atom. The van der Waals surface area contributed by atoms with Crippen LogP contribution >= 0.6 is 0 Å². The van der Waals surface area contributed by atoms with Crippen LogP contribution in [0.3, 0.4) is 0 Å². The zero-order valence-electron chi connectivity index (χ0n) is 17.7. The number of carbonyl (C=O) groups excluding carboxylic acids is 1. The lowest BCUT2D eigenvalue weighted by Gasteiger charge is -2.34. The molecule has 1 amide bonds. The van der Waals surface area contributed by atoms with Gasteiger partial charge in [0.2, 0.25) is 0 Å². The van der Waals surface area contributed by atoms with E-state index >= 15 is 0 Å². The van der Waals surface area contributed by atoms with Crippen molar-refractivity contribution in [1.82, 2.24) is 5.32 Å². The number of hydrogen-bond acceptors (Lipinski definition) is 4. The number of fused-ring (bicyclic) bond motifs is 1. The van der Waals surface area contributed by atoms with Crippen LogP contribution < -0.4 is 15.5 Å². The average molecular weight is 423 g/mol. The second-order valence-corrected chi connectivity index (χ2v) is 8.37. The first-order chi connectivity index (χ1) is 14.9. The third-order valence-corrected chi connectivity index (χ3v) is 6.32. The van der Waals surface area contributed by atoms with Crippen molar-refractivity contribution in [3.05, 3.63) is 64.8 Å². The summed E-state index contributed by atoms with van der Waals surface area (Å²) in [5, 5.41) is 3.47. The Bertz CT molecular complexity index is 1140. The molecule has 6 heteroatoms. The Labute approximate surface area is 180 Å². The first kappa shape index (κ1) is 21.1. The molecule has 0 bridgehead atoms. The molecular formula is C25H26FNO4. The molecule has 5 nitrogen and oxygen atoms in total. The quantitative estimate of drug-likeness (QED) is 0.633. The van der Waals surface area contributed by atoms with Crippen molar-refractivity contribution in [3.63, 3.8) is 0 Å². The number of amides is 1. The predicted molar refractivity (Wildman–Crippen MR) is 117 cm³/mol. The lowest BCUT2D eigenvalue weighted by molar-refractivity contribution is -0.124. The Kier molecular flexibility index (Phi) is 6.07. The van der Waals surface area contributed by atoms with Gasteiger partial charge in [0.1, 0.15) is 23.4 Å². The third kappa shape index (κ3) is 4.63. The van der Waals surface area contributed by atoms with E-state index in [0.29, 0.717) is 39.7 Å². The maximum atomic E-state index is 13.2. The van der Waals surface area contributed by atoms with E-state index in [1.807, 2.05) is 0 Å². The van der Waals surface area contributed by atoms with E-state index < -0.39 is 0 Å². The van der Waals surface area contributed by atoms with E-state index in [1.54, 1.807) is 18.2 Å². The first-order valence-corrected chi connectivity index (χ1v) is 10.7. The minimum absolute atomic E-state index is 0.0962. The molecule has 1 aliphatic carbocycles. The van der Waals surface area contributed by atoms with Crippen molar-refractivity contribution in [3.8, 4) is 16.9 Å². The number of halogens is 1. The van der Waals surface area contributed by atoms with Gasteiger partial charge in [-0.05, 0) is 48.1 Å². The predicted octanol–water partition coefficient (Wildman–Crippen LogP) is 4.92. The van der Waals surface area contributed by atoms with Gasteiger partial charge >= 0.3 is 0 Å². The molecule has 1 aliphatic rings. The van der Waals surface area contributed by atoms with Crippen molar-refractivity contribution in [2.24, 2.45) is 11.8 Å². The van der Waals surface area contributed by atoms with Crippen molar-refractivity contribution < 1.29 is 18.3 Å². The molecule has 0 unspecified atom stereocenters. The normalized spacial score (nSPS) is 21.1. The molecule has 0 aliphatic heterocycles. The maximum absolute atomic E-state index is 13.2. The van der Waals surface area contributed by atoms with Gasteiger partial charge in [-0.2, -0.15) is 0 Å². The number of benzene rings is 2. The maximum Gasteiger partial charge on any atom is 0.258 e. The highest BCUT2D eigenvalue weighted by Gasteiger charge is 2.28. The van der Waals surface area contributed by atoms with E-state index in [-0.39, 0.29) is 29.8 Å². The molecule has 4 rings (SSSR count). The smallest absolute Gasteiger partial charge is 0.258 e. The molecule has 162 valence electrons. The topological polar surface area (TPSA) is 68.5 Å². The summed E-state index contributed by atoms with van der Waals surface area (Å²) in [4.78, 5) is 25.2. The minimum atomic E-state index is -0.368. The second-order valence-electron chi connectivity index (χ2n) is 8.37. The summed E-state index contributed by atoms with van der Waals surface area (Å²) < 4.78 is 24.4. The van der Waals surface area contributed by atoms with Crippen LogP contribution in [0.25, 0.3) is 22.1 Å². The second kappa shape index (κ2) is 8.92.